The molecular weight excluding hydrogens is 304 g/mol. The van der Waals surface area contributed by atoms with Crippen molar-refractivity contribution in [3.63, 3.8) is 0 Å². The fourth-order valence-electron chi connectivity index (χ4n) is 3.44. The molecule has 6 heteroatoms. The zero-order chi connectivity index (χ0) is 17.7. The van der Waals surface area contributed by atoms with E-state index in [2.05, 4.69) is 29.6 Å². The van der Waals surface area contributed by atoms with Gasteiger partial charge in [0.25, 0.3) is 0 Å². The highest BCUT2D eigenvalue weighted by atomic mass is 16.3. The van der Waals surface area contributed by atoms with E-state index in [0.717, 1.165) is 18.4 Å². The fourth-order valence-corrected chi connectivity index (χ4v) is 3.44. The lowest BCUT2D eigenvalue weighted by atomic mass is 9.76. The predicted octanol–water partition coefficient (Wildman–Crippen LogP) is 3.16. The molecule has 1 aliphatic rings. The molecule has 0 saturated heterocycles. The van der Waals surface area contributed by atoms with Crippen LogP contribution in [0.1, 0.15) is 77.4 Å². The van der Waals surface area contributed by atoms with Crippen LogP contribution in [0.15, 0.2) is 12.4 Å². The lowest BCUT2D eigenvalue weighted by molar-refractivity contribution is 0.101. The van der Waals surface area contributed by atoms with Crippen LogP contribution in [-0.2, 0) is 0 Å². The smallest absolute Gasteiger partial charge is 0.315 e. The highest BCUT2D eigenvalue weighted by Gasteiger charge is 2.36. The number of aliphatic hydroxyl groups is 1. The largest absolute Gasteiger partial charge is 0.394 e. The van der Waals surface area contributed by atoms with Crippen molar-refractivity contribution >= 4 is 6.03 Å². The van der Waals surface area contributed by atoms with Gasteiger partial charge in [0.05, 0.1) is 24.4 Å². The molecule has 1 saturated carbocycles. The Labute approximate surface area is 145 Å². The first-order chi connectivity index (χ1) is 11.4. The topological polar surface area (TPSA) is 79.2 Å². The normalized spacial score (nSPS) is 19.8. The van der Waals surface area contributed by atoms with E-state index in [0.29, 0.717) is 12.0 Å². The van der Waals surface area contributed by atoms with Crippen molar-refractivity contribution < 1.29 is 9.90 Å². The summed E-state index contributed by atoms with van der Waals surface area (Å²) in [6, 6.07) is -0.0718. The second kappa shape index (κ2) is 8.01. The van der Waals surface area contributed by atoms with Crippen LogP contribution >= 0.6 is 0 Å². The average molecular weight is 336 g/mol. The van der Waals surface area contributed by atoms with E-state index in [4.69, 9.17) is 0 Å². The molecule has 3 N–H and O–H groups in total. The number of nitrogens with one attached hydrogen (secondary N) is 2. The van der Waals surface area contributed by atoms with E-state index in [9.17, 15) is 9.90 Å². The van der Waals surface area contributed by atoms with Gasteiger partial charge < -0.3 is 15.7 Å². The number of hydrogen-bond donors (Lipinski definition) is 3. The maximum atomic E-state index is 12.4. The number of aliphatic hydroxyl groups excluding tert-OH is 1. The summed E-state index contributed by atoms with van der Waals surface area (Å²) in [6.07, 6.45) is 9.48. The van der Waals surface area contributed by atoms with E-state index in [1.54, 1.807) is 6.20 Å². The second-order valence-corrected chi connectivity index (χ2v) is 7.58. The first-order valence-corrected chi connectivity index (χ1v) is 9.09. The Bertz CT molecular complexity index is 537. The molecular formula is C18H32N4O2. The van der Waals surface area contributed by atoms with Gasteiger partial charge in [-0.2, -0.15) is 5.10 Å². The fraction of sp³-hybridized carbons (Fsp3) is 0.778. The van der Waals surface area contributed by atoms with Crippen LogP contribution in [0.4, 0.5) is 4.79 Å². The zero-order valence-electron chi connectivity index (χ0n) is 15.4. The minimum Gasteiger partial charge on any atom is -0.394 e. The Morgan fingerprint density at radius 2 is 2.04 bits per heavy atom. The van der Waals surface area contributed by atoms with E-state index >= 15 is 0 Å². The minimum atomic E-state index is -0.563. The highest BCUT2D eigenvalue weighted by molar-refractivity contribution is 5.75. The predicted molar refractivity (Wildman–Crippen MR) is 94.8 cm³/mol. The minimum absolute atomic E-state index is 0.0370. The van der Waals surface area contributed by atoms with Crippen LogP contribution < -0.4 is 10.6 Å². The van der Waals surface area contributed by atoms with Crippen molar-refractivity contribution in [2.75, 3.05) is 6.61 Å². The molecule has 24 heavy (non-hydrogen) atoms. The van der Waals surface area contributed by atoms with Gasteiger partial charge in [0.1, 0.15) is 0 Å². The van der Waals surface area contributed by atoms with Crippen LogP contribution in [0.3, 0.4) is 0 Å². The van der Waals surface area contributed by atoms with E-state index in [1.165, 1.54) is 19.3 Å². The van der Waals surface area contributed by atoms with Gasteiger partial charge in [-0.1, -0.05) is 19.3 Å². The molecule has 1 fully saturated rings. The maximum absolute atomic E-state index is 12.4. The molecule has 2 atom stereocenters. The number of nitrogens with zero attached hydrogens (tertiary/aromatic N) is 2. The van der Waals surface area contributed by atoms with Crippen LogP contribution in [0.5, 0.6) is 0 Å². The van der Waals surface area contributed by atoms with Crippen molar-refractivity contribution in [2.45, 2.75) is 77.4 Å². The zero-order valence-corrected chi connectivity index (χ0v) is 15.4. The first-order valence-electron chi connectivity index (χ1n) is 9.09. The third-order valence-electron chi connectivity index (χ3n) is 5.23. The number of aromatic nitrogens is 2. The number of amides is 2. The monoisotopic (exact) mass is 336 g/mol. The second-order valence-electron chi connectivity index (χ2n) is 7.58. The Hall–Kier alpha value is -1.56. The van der Waals surface area contributed by atoms with Crippen molar-refractivity contribution in [3.8, 4) is 0 Å². The average Bonchev–Trinajstić information content (AvgIpc) is 3.06. The van der Waals surface area contributed by atoms with Gasteiger partial charge in [-0.3, -0.25) is 4.68 Å². The number of rotatable bonds is 6. The van der Waals surface area contributed by atoms with Crippen LogP contribution in [0.25, 0.3) is 0 Å². The summed E-state index contributed by atoms with van der Waals surface area (Å²) in [5.74, 6) is 0.334. The molecule has 136 valence electrons. The molecule has 6 nitrogen and oxygen atoms in total. The molecule has 1 aromatic rings. The molecule has 0 aromatic carbocycles. The van der Waals surface area contributed by atoms with E-state index in [1.807, 2.05) is 24.7 Å². The van der Waals surface area contributed by atoms with Crippen molar-refractivity contribution in [1.29, 1.82) is 0 Å². The first kappa shape index (κ1) is 18.8. The quantitative estimate of drug-likeness (QED) is 0.746. The molecule has 2 amide bonds. The Morgan fingerprint density at radius 3 is 2.58 bits per heavy atom. The van der Waals surface area contributed by atoms with E-state index in [-0.39, 0.29) is 18.7 Å². The van der Waals surface area contributed by atoms with E-state index < -0.39 is 5.54 Å². The molecule has 2 rings (SSSR count). The Balaban J connectivity index is 1.94. The standard InChI is InChI=1S/C18H32N4O2/c1-13(2)22-11-15(10-19-22)14(3)20-17(24)21-18(4,12-23)16-8-6-5-7-9-16/h10-11,13-14,16,23H,5-9,12H2,1-4H3,(H2,20,21,24)/t14-,18-/m0/s1. The lowest BCUT2D eigenvalue weighted by Gasteiger charge is -2.39. The van der Waals surface area contributed by atoms with Gasteiger partial charge in [0, 0.05) is 17.8 Å². The van der Waals surface area contributed by atoms with Crippen LogP contribution in [0.2, 0.25) is 0 Å². The van der Waals surface area contributed by atoms with Crippen molar-refractivity contribution in [1.82, 2.24) is 20.4 Å². The van der Waals surface area contributed by atoms with Gasteiger partial charge in [0.15, 0.2) is 0 Å². The summed E-state index contributed by atoms with van der Waals surface area (Å²) in [5, 5.41) is 20.1. The van der Waals surface area contributed by atoms with Crippen molar-refractivity contribution in [3.05, 3.63) is 18.0 Å². The summed E-state index contributed by atoms with van der Waals surface area (Å²) >= 11 is 0. The summed E-state index contributed by atoms with van der Waals surface area (Å²) in [4.78, 5) is 12.4. The maximum Gasteiger partial charge on any atom is 0.315 e. The summed E-state index contributed by atoms with van der Waals surface area (Å²) in [6.45, 7) is 7.99. The SMILES string of the molecule is CC(C)n1cc([C@H](C)NC(=O)N[C@@](C)(CO)C2CCCCC2)cn1. The Kier molecular flexibility index (Phi) is 6.27. The molecule has 0 aliphatic heterocycles. The molecule has 1 aromatic heterocycles. The van der Waals surface area contributed by atoms with Gasteiger partial charge in [-0.15, -0.1) is 0 Å². The number of urea groups is 1. The lowest BCUT2D eigenvalue weighted by Crippen LogP contribution is -2.57. The Morgan fingerprint density at radius 1 is 1.38 bits per heavy atom. The molecule has 0 bridgehead atoms. The molecule has 1 heterocycles. The van der Waals surface area contributed by atoms with Crippen LogP contribution in [0, 0.1) is 5.92 Å². The molecule has 0 unspecified atom stereocenters. The molecule has 0 spiro atoms. The van der Waals surface area contributed by atoms with Gasteiger partial charge >= 0.3 is 6.03 Å². The van der Waals surface area contributed by atoms with Crippen molar-refractivity contribution in [2.24, 2.45) is 5.92 Å². The number of hydrogen-bond acceptors (Lipinski definition) is 3. The molecule has 0 radical (unpaired) electrons. The van der Waals surface area contributed by atoms with Gasteiger partial charge in [0.2, 0.25) is 0 Å². The highest BCUT2D eigenvalue weighted by Crippen LogP contribution is 2.32. The van der Waals surface area contributed by atoms with Gasteiger partial charge in [-0.05, 0) is 46.5 Å². The number of carbonyl (C=O) groups excluding carboxylic acids is 1. The summed E-state index contributed by atoms with van der Waals surface area (Å²) < 4.78 is 1.88. The third kappa shape index (κ3) is 4.50. The summed E-state index contributed by atoms with van der Waals surface area (Å²) in [7, 11) is 0. The van der Waals surface area contributed by atoms with Gasteiger partial charge in [-0.25, -0.2) is 4.79 Å². The molecule has 1 aliphatic carbocycles. The van der Waals surface area contributed by atoms with Crippen LogP contribution in [-0.4, -0.2) is 33.1 Å². The summed E-state index contributed by atoms with van der Waals surface area (Å²) in [5.41, 5.74) is 0.411. The number of carbonyl (C=O) groups is 1. The third-order valence-corrected chi connectivity index (χ3v) is 5.23.